The molecule has 0 bridgehead atoms. The highest BCUT2D eigenvalue weighted by molar-refractivity contribution is 5.94. The van der Waals surface area contributed by atoms with Crippen LogP contribution in [0.3, 0.4) is 0 Å². The first-order chi connectivity index (χ1) is 10.4. The van der Waals surface area contributed by atoms with Crippen LogP contribution in [0.5, 0.6) is 5.75 Å². The van der Waals surface area contributed by atoms with Crippen molar-refractivity contribution in [3.63, 3.8) is 0 Å². The Kier molecular flexibility index (Phi) is 6.84. The van der Waals surface area contributed by atoms with Crippen LogP contribution in [0.25, 0.3) is 0 Å². The fourth-order valence-electron chi connectivity index (χ4n) is 2.17. The van der Waals surface area contributed by atoms with Gasteiger partial charge in [-0.15, -0.1) is 12.4 Å². The van der Waals surface area contributed by atoms with Gasteiger partial charge in [0.05, 0.1) is 0 Å². The van der Waals surface area contributed by atoms with Crippen LogP contribution < -0.4 is 15.4 Å². The maximum Gasteiger partial charge on any atom is 0.224 e. The van der Waals surface area contributed by atoms with E-state index in [0.29, 0.717) is 25.1 Å². The van der Waals surface area contributed by atoms with Crippen molar-refractivity contribution in [2.75, 3.05) is 18.5 Å². The van der Waals surface area contributed by atoms with Crippen molar-refractivity contribution in [1.29, 1.82) is 0 Å². The number of fused-ring (bicyclic) bond motifs is 1. The standard InChI is InChI=1S/C16H23N3O3.ClH/c1-16(2,3)17-9-11(19-21)10-22-14-6-4-5-13-12(14)7-8-15(20)18-13;/h4-6,17,21H,7-10H2,1-3H3,(H,18,20);1H/b19-11-;. The molecule has 0 radical (unpaired) electrons. The summed E-state index contributed by atoms with van der Waals surface area (Å²) in [6, 6.07) is 5.56. The number of amides is 1. The number of benzene rings is 1. The van der Waals surface area contributed by atoms with E-state index >= 15 is 0 Å². The van der Waals surface area contributed by atoms with E-state index in [-0.39, 0.29) is 30.5 Å². The molecule has 1 aromatic rings. The van der Waals surface area contributed by atoms with Crippen LogP contribution in [-0.2, 0) is 11.2 Å². The van der Waals surface area contributed by atoms with Crippen molar-refractivity contribution in [3.05, 3.63) is 23.8 Å². The van der Waals surface area contributed by atoms with Gasteiger partial charge >= 0.3 is 0 Å². The monoisotopic (exact) mass is 341 g/mol. The van der Waals surface area contributed by atoms with Gasteiger partial charge in [0.15, 0.2) is 0 Å². The molecule has 23 heavy (non-hydrogen) atoms. The van der Waals surface area contributed by atoms with Crippen LogP contribution in [0.2, 0.25) is 0 Å². The number of hydrogen-bond acceptors (Lipinski definition) is 5. The molecule has 1 aliphatic rings. The highest BCUT2D eigenvalue weighted by Gasteiger charge is 2.19. The lowest BCUT2D eigenvalue weighted by molar-refractivity contribution is -0.116. The van der Waals surface area contributed by atoms with Gasteiger partial charge in [0.2, 0.25) is 5.91 Å². The van der Waals surface area contributed by atoms with Gasteiger partial charge in [0, 0.05) is 29.8 Å². The van der Waals surface area contributed by atoms with Crippen molar-refractivity contribution < 1.29 is 14.7 Å². The molecule has 3 N–H and O–H groups in total. The topological polar surface area (TPSA) is 83.0 Å². The second-order valence-corrected chi connectivity index (χ2v) is 6.39. The van der Waals surface area contributed by atoms with Crippen LogP contribution in [-0.4, -0.2) is 35.5 Å². The average Bonchev–Trinajstić information content (AvgIpc) is 2.46. The van der Waals surface area contributed by atoms with Gasteiger partial charge in [-0.3, -0.25) is 4.79 Å². The number of halogens is 1. The largest absolute Gasteiger partial charge is 0.487 e. The summed E-state index contributed by atoms with van der Waals surface area (Å²) in [4.78, 5) is 11.4. The number of rotatable bonds is 5. The SMILES string of the molecule is CC(C)(C)NC/C(COc1cccc2c1CCC(=O)N2)=N/O.Cl. The zero-order valence-corrected chi connectivity index (χ0v) is 14.5. The maximum atomic E-state index is 11.4. The van der Waals surface area contributed by atoms with Gasteiger partial charge in [-0.05, 0) is 39.3 Å². The van der Waals surface area contributed by atoms with E-state index in [2.05, 4.69) is 15.8 Å². The summed E-state index contributed by atoms with van der Waals surface area (Å²) < 4.78 is 5.78. The summed E-state index contributed by atoms with van der Waals surface area (Å²) in [5.41, 5.74) is 2.24. The summed E-state index contributed by atoms with van der Waals surface area (Å²) in [7, 11) is 0. The fourth-order valence-corrected chi connectivity index (χ4v) is 2.17. The molecule has 128 valence electrons. The van der Waals surface area contributed by atoms with Crippen molar-refractivity contribution in [1.82, 2.24) is 5.32 Å². The van der Waals surface area contributed by atoms with E-state index in [1.807, 2.05) is 39.0 Å². The highest BCUT2D eigenvalue weighted by atomic mass is 35.5. The number of carbonyl (C=O) groups is 1. The van der Waals surface area contributed by atoms with Crippen molar-refractivity contribution in [2.24, 2.45) is 5.16 Å². The molecule has 1 amide bonds. The lowest BCUT2D eigenvalue weighted by Gasteiger charge is -2.22. The third kappa shape index (κ3) is 5.73. The Bertz CT molecular complexity index is 582. The molecule has 0 unspecified atom stereocenters. The van der Waals surface area contributed by atoms with Crippen molar-refractivity contribution >= 4 is 29.7 Å². The van der Waals surface area contributed by atoms with Crippen molar-refractivity contribution in [3.8, 4) is 5.75 Å². The molecule has 1 aliphatic heterocycles. The molecule has 0 aromatic heterocycles. The molecule has 6 nitrogen and oxygen atoms in total. The van der Waals surface area contributed by atoms with E-state index in [1.165, 1.54) is 0 Å². The van der Waals surface area contributed by atoms with Gasteiger partial charge in [0.1, 0.15) is 18.1 Å². The van der Waals surface area contributed by atoms with Gasteiger partial charge in [-0.25, -0.2) is 0 Å². The zero-order chi connectivity index (χ0) is 16.2. The van der Waals surface area contributed by atoms with E-state index in [9.17, 15) is 4.79 Å². The second-order valence-electron chi connectivity index (χ2n) is 6.39. The third-order valence-electron chi connectivity index (χ3n) is 3.37. The lowest BCUT2D eigenvalue weighted by atomic mass is 10.0. The Labute approximate surface area is 142 Å². The van der Waals surface area contributed by atoms with E-state index in [0.717, 1.165) is 17.0 Å². The number of nitrogens with zero attached hydrogens (tertiary/aromatic N) is 1. The highest BCUT2D eigenvalue weighted by Crippen LogP contribution is 2.30. The van der Waals surface area contributed by atoms with Gasteiger partial charge in [0.25, 0.3) is 0 Å². The summed E-state index contributed by atoms with van der Waals surface area (Å²) in [6.07, 6.45) is 1.11. The number of hydrogen-bond donors (Lipinski definition) is 3. The van der Waals surface area contributed by atoms with Crippen LogP contribution in [0.4, 0.5) is 5.69 Å². The number of ether oxygens (including phenoxy) is 1. The Morgan fingerprint density at radius 1 is 1.39 bits per heavy atom. The Morgan fingerprint density at radius 3 is 2.78 bits per heavy atom. The fraction of sp³-hybridized carbons (Fsp3) is 0.500. The molecule has 0 aliphatic carbocycles. The van der Waals surface area contributed by atoms with Crippen molar-refractivity contribution in [2.45, 2.75) is 39.2 Å². The molecule has 1 heterocycles. The first-order valence-corrected chi connectivity index (χ1v) is 7.38. The first-order valence-electron chi connectivity index (χ1n) is 7.38. The van der Waals surface area contributed by atoms with Crippen LogP contribution in [0.15, 0.2) is 23.4 Å². The Hall–Kier alpha value is -1.79. The number of anilines is 1. The smallest absolute Gasteiger partial charge is 0.224 e. The van der Waals surface area contributed by atoms with Gasteiger partial charge in [-0.1, -0.05) is 11.2 Å². The molecule has 7 heteroatoms. The molecule has 2 rings (SSSR count). The molecule has 0 spiro atoms. The predicted octanol–water partition coefficient (Wildman–Crippen LogP) is 2.59. The molecule has 0 saturated carbocycles. The minimum atomic E-state index is -0.0634. The van der Waals surface area contributed by atoms with E-state index < -0.39 is 0 Å². The summed E-state index contributed by atoms with van der Waals surface area (Å²) in [5.74, 6) is 0.742. The molecular weight excluding hydrogens is 318 g/mol. The van der Waals surface area contributed by atoms with E-state index in [1.54, 1.807) is 0 Å². The summed E-state index contributed by atoms with van der Waals surface area (Å²) in [5, 5.41) is 18.5. The third-order valence-corrected chi connectivity index (χ3v) is 3.37. The average molecular weight is 342 g/mol. The normalized spacial score (nSPS) is 14.6. The molecule has 1 aromatic carbocycles. The predicted molar refractivity (Wildman–Crippen MR) is 93.1 cm³/mol. The molecule has 0 saturated heterocycles. The number of nitrogens with one attached hydrogen (secondary N) is 2. The Balaban J connectivity index is 0.00000264. The summed E-state index contributed by atoms with van der Waals surface area (Å²) in [6.45, 7) is 6.77. The Morgan fingerprint density at radius 2 is 2.13 bits per heavy atom. The number of oxime groups is 1. The lowest BCUT2D eigenvalue weighted by Crippen LogP contribution is -2.40. The minimum absolute atomic E-state index is 0. The van der Waals surface area contributed by atoms with Crippen LogP contribution >= 0.6 is 12.4 Å². The summed E-state index contributed by atoms with van der Waals surface area (Å²) >= 11 is 0. The van der Waals surface area contributed by atoms with E-state index in [4.69, 9.17) is 9.94 Å². The quantitative estimate of drug-likeness (QED) is 0.436. The molecule has 0 atom stereocenters. The first kappa shape index (κ1) is 19.3. The second kappa shape index (κ2) is 8.17. The zero-order valence-electron chi connectivity index (χ0n) is 13.7. The van der Waals surface area contributed by atoms with Crippen LogP contribution in [0, 0.1) is 0 Å². The van der Waals surface area contributed by atoms with Crippen LogP contribution in [0.1, 0.15) is 32.8 Å². The van der Waals surface area contributed by atoms with Gasteiger partial charge in [-0.2, -0.15) is 0 Å². The maximum absolute atomic E-state index is 11.4. The molecular formula is C16H24ClN3O3. The molecule has 0 fully saturated rings. The van der Waals surface area contributed by atoms with Gasteiger partial charge < -0.3 is 20.6 Å². The minimum Gasteiger partial charge on any atom is -0.487 e. The number of carbonyl (C=O) groups excluding carboxylic acids is 1.